The highest BCUT2D eigenvalue weighted by atomic mass is 32.1. The summed E-state index contributed by atoms with van der Waals surface area (Å²) in [6.07, 6.45) is 4.32. The molecular weight excluding hydrogens is 326 g/mol. The van der Waals surface area contributed by atoms with E-state index >= 15 is 0 Å². The minimum Gasteiger partial charge on any atom is -0.478 e. The molecule has 1 amide bonds. The van der Waals surface area contributed by atoms with E-state index in [-0.39, 0.29) is 5.56 Å². The lowest BCUT2D eigenvalue weighted by atomic mass is 10.0. The SMILES string of the molecule is O=C(C=Cc1ccco1)Nc1scc(-c2ccccc2)c1C(=O)O. The van der Waals surface area contributed by atoms with Gasteiger partial charge in [-0.25, -0.2) is 4.79 Å². The molecule has 3 rings (SSSR count). The Bertz CT molecular complexity index is 879. The third kappa shape index (κ3) is 3.44. The molecule has 2 aromatic heterocycles. The number of benzene rings is 1. The van der Waals surface area contributed by atoms with Gasteiger partial charge in [0.05, 0.1) is 6.26 Å². The molecule has 5 nitrogen and oxygen atoms in total. The van der Waals surface area contributed by atoms with Gasteiger partial charge in [-0.15, -0.1) is 11.3 Å². The average molecular weight is 339 g/mol. The minimum atomic E-state index is -1.08. The fourth-order valence-corrected chi connectivity index (χ4v) is 3.15. The third-order valence-electron chi connectivity index (χ3n) is 3.27. The van der Waals surface area contributed by atoms with Crippen molar-refractivity contribution in [2.24, 2.45) is 0 Å². The molecule has 0 aliphatic rings. The number of carbonyl (C=O) groups is 2. The molecule has 0 saturated heterocycles. The fourth-order valence-electron chi connectivity index (χ4n) is 2.19. The maximum Gasteiger partial charge on any atom is 0.339 e. The molecule has 24 heavy (non-hydrogen) atoms. The van der Waals surface area contributed by atoms with Gasteiger partial charge in [0.15, 0.2) is 0 Å². The van der Waals surface area contributed by atoms with Gasteiger partial charge in [0.2, 0.25) is 5.91 Å². The first-order valence-electron chi connectivity index (χ1n) is 7.08. The number of hydrogen-bond acceptors (Lipinski definition) is 4. The van der Waals surface area contributed by atoms with E-state index in [1.807, 2.05) is 30.3 Å². The number of anilines is 1. The summed E-state index contributed by atoms with van der Waals surface area (Å²) in [4.78, 5) is 23.6. The molecule has 1 aromatic carbocycles. The molecule has 0 unspecified atom stereocenters. The molecule has 0 radical (unpaired) electrons. The largest absolute Gasteiger partial charge is 0.478 e. The molecule has 2 N–H and O–H groups in total. The predicted octanol–water partition coefficient (Wildman–Crippen LogP) is 4.36. The van der Waals surface area contributed by atoms with Gasteiger partial charge >= 0.3 is 5.97 Å². The fraction of sp³-hybridized carbons (Fsp3) is 0. The summed E-state index contributed by atoms with van der Waals surface area (Å²) < 4.78 is 5.10. The van der Waals surface area contributed by atoms with Gasteiger partial charge in [-0.05, 0) is 23.8 Å². The van der Waals surface area contributed by atoms with Crippen molar-refractivity contribution in [1.29, 1.82) is 0 Å². The molecule has 0 bridgehead atoms. The van der Waals surface area contributed by atoms with E-state index < -0.39 is 11.9 Å². The highest BCUT2D eigenvalue weighted by Crippen LogP contribution is 2.35. The number of carboxylic acid groups (broad SMARTS) is 1. The molecule has 0 fully saturated rings. The number of nitrogens with one attached hydrogen (secondary N) is 1. The van der Waals surface area contributed by atoms with E-state index in [4.69, 9.17) is 4.42 Å². The molecule has 0 atom stereocenters. The Labute approximate surface area is 141 Å². The van der Waals surface area contributed by atoms with Gasteiger partial charge in [0.25, 0.3) is 0 Å². The zero-order valence-electron chi connectivity index (χ0n) is 12.4. The van der Waals surface area contributed by atoms with Crippen LogP contribution in [-0.4, -0.2) is 17.0 Å². The van der Waals surface area contributed by atoms with Crippen LogP contribution in [0.1, 0.15) is 16.1 Å². The van der Waals surface area contributed by atoms with Crippen molar-refractivity contribution in [3.05, 3.63) is 71.5 Å². The first-order chi connectivity index (χ1) is 11.6. The second-order valence-corrected chi connectivity index (χ2v) is 5.74. The second-order valence-electron chi connectivity index (χ2n) is 4.86. The van der Waals surface area contributed by atoms with Gasteiger partial charge in [-0.2, -0.15) is 0 Å². The summed E-state index contributed by atoms with van der Waals surface area (Å²) in [5, 5.41) is 14.2. The Morgan fingerprint density at radius 1 is 1.12 bits per heavy atom. The monoisotopic (exact) mass is 339 g/mol. The van der Waals surface area contributed by atoms with Crippen LogP contribution in [0, 0.1) is 0 Å². The second kappa shape index (κ2) is 6.97. The average Bonchev–Trinajstić information content (AvgIpc) is 3.23. The standard InChI is InChI=1S/C18H13NO4S/c20-15(9-8-13-7-4-10-23-13)19-17-16(18(21)22)14(11-24-17)12-5-2-1-3-6-12/h1-11H,(H,19,20)(H,21,22). The van der Waals surface area contributed by atoms with Crippen molar-refractivity contribution in [2.45, 2.75) is 0 Å². The van der Waals surface area contributed by atoms with E-state index in [1.165, 1.54) is 29.8 Å². The zero-order valence-corrected chi connectivity index (χ0v) is 13.2. The molecule has 0 aliphatic carbocycles. The van der Waals surface area contributed by atoms with Crippen LogP contribution in [0.2, 0.25) is 0 Å². The number of carboxylic acids is 1. The number of carbonyl (C=O) groups excluding carboxylic acids is 1. The van der Waals surface area contributed by atoms with Crippen molar-refractivity contribution < 1.29 is 19.1 Å². The zero-order chi connectivity index (χ0) is 16.9. The number of amides is 1. The lowest BCUT2D eigenvalue weighted by molar-refractivity contribution is -0.111. The first kappa shape index (κ1) is 15.8. The number of rotatable bonds is 5. The van der Waals surface area contributed by atoms with E-state index in [0.717, 1.165) is 5.56 Å². The van der Waals surface area contributed by atoms with Crippen LogP contribution < -0.4 is 5.32 Å². The van der Waals surface area contributed by atoms with Gasteiger partial charge in [-0.3, -0.25) is 4.79 Å². The van der Waals surface area contributed by atoms with Gasteiger partial charge in [0, 0.05) is 17.0 Å². The Kier molecular flexibility index (Phi) is 4.58. The van der Waals surface area contributed by atoms with Crippen molar-refractivity contribution >= 4 is 34.3 Å². The van der Waals surface area contributed by atoms with Gasteiger partial charge in [-0.1, -0.05) is 30.3 Å². The van der Waals surface area contributed by atoms with Crippen LogP contribution >= 0.6 is 11.3 Å². The lowest BCUT2D eigenvalue weighted by Crippen LogP contribution is -2.10. The molecule has 3 aromatic rings. The molecular formula is C18H13NO4S. The maximum atomic E-state index is 12.0. The maximum absolute atomic E-state index is 12.0. The summed E-state index contributed by atoms with van der Waals surface area (Å²) in [5.41, 5.74) is 1.46. The summed E-state index contributed by atoms with van der Waals surface area (Å²) in [6, 6.07) is 12.6. The lowest BCUT2D eigenvalue weighted by Gasteiger charge is -2.04. The molecule has 2 heterocycles. The molecule has 120 valence electrons. The van der Waals surface area contributed by atoms with Crippen molar-refractivity contribution in [3.63, 3.8) is 0 Å². The topological polar surface area (TPSA) is 79.5 Å². The smallest absolute Gasteiger partial charge is 0.339 e. The highest BCUT2D eigenvalue weighted by molar-refractivity contribution is 7.15. The van der Waals surface area contributed by atoms with Crippen molar-refractivity contribution in [1.82, 2.24) is 0 Å². The minimum absolute atomic E-state index is 0.0888. The van der Waals surface area contributed by atoms with Crippen LogP contribution in [0.3, 0.4) is 0 Å². The summed E-state index contributed by atoms with van der Waals surface area (Å²) >= 11 is 1.18. The van der Waals surface area contributed by atoms with Crippen LogP contribution in [0.4, 0.5) is 5.00 Å². The quantitative estimate of drug-likeness (QED) is 0.677. The van der Waals surface area contributed by atoms with Crippen molar-refractivity contribution in [3.8, 4) is 11.1 Å². The normalized spacial score (nSPS) is 10.8. The Balaban J connectivity index is 1.85. The third-order valence-corrected chi connectivity index (χ3v) is 4.16. The predicted molar refractivity (Wildman–Crippen MR) is 93.1 cm³/mol. The molecule has 0 aliphatic heterocycles. The van der Waals surface area contributed by atoms with Crippen LogP contribution in [0.25, 0.3) is 17.2 Å². The Morgan fingerprint density at radius 2 is 1.92 bits per heavy atom. The van der Waals surface area contributed by atoms with Gasteiger partial charge < -0.3 is 14.8 Å². The number of aromatic carboxylic acids is 1. The first-order valence-corrected chi connectivity index (χ1v) is 7.96. The molecule has 6 heteroatoms. The molecule has 0 spiro atoms. The van der Waals surface area contributed by atoms with Crippen LogP contribution in [-0.2, 0) is 4.79 Å². The van der Waals surface area contributed by atoms with Gasteiger partial charge in [0.1, 0.15) is 16.3 Å². The van der Waals surface area contributed by atoms with E-state index in [0.29, 0.717) is 16.3 Å². The summed E-state index contributed by atoms with van der Waals surface area (Å²) in [7, 11) is 0. The summed E-state index contributed by atoms with van der Waals surface area (Å²) in [5.74, 6) is -0.962. The Hall–Kier alpha value is -3.12. The molecule has 0 saturated carbocycles. The Morgan fingerprint density at radius 3 is 2.58 bits per heavy atom. The van der Waals surface area contributed by atoms with Crippen molar-refractivity contribution in [2.75, 3.05) is 5.32 Å². The summed E-state index contributed by atoms with van der Waals surface area (Å²) in [6.45, 7) is 0. The van der Waals surface area contributed by atoms with Crippen LogP contribution in [0.15, 0.2) is 64.6 Å². The number of furan rings is 1. The van der Waals surface area contributed by atoms with E-state index in [1.54, 1.807) is 17.5 Å². The van der Waals surface area contributed by atoms with E-state index in [2.05, 4.69) is 5.32 Å². The van der Waals surface area contributed by atoms with E-state index in [9.17, 15) is 14.7 Å². The number of hydrogen-bond donors (Lipinski definition) is 2. The highest BCUT2D eigenvalue weighted by Gasteiger charge is 2.20. The van der Waals surface area contributed by atoms with Crippen LogP contribution in [0.5, 0.6) is 0 Å². The number of thiophene rings is 1.